The minimum absolute atomic E-state index is 0.194. The summed E-state index contributed by atoms with van der Waals surface area (Å²) in [6, 6.07) is 23.8. The molecule has 0 saturated carbocycles. The molecule has 0 saturated heterocycles. The SMILES string of the molecule is CC(C)(C)Oc1ccc(-c2cccc(-c3ccc(O)cc3)c2)cc1. The molecule has 0 spiro atoms. The highest BCUT2D eigenvalue weighted by Gasteiger charge is 2.11. The zero-order valence-electron chi connectivity index (χ0n) is 14.3. The fourth-order valence-corrected chi connectivity index (χ4v) is 2.60. The van der Waals surface area contributed by atoms with Crippen molar-refractivity contribution in [2.24, 2.45) is 0 Å². The van der Waals surface area contributed by atoms with Crippen LogP contribution in [0.4, 0.5) is 0 Å². The summed E-state index contributed by atoms with van der Waals surface area (Å²) >= 11 is 0. The van der Waals surface area contributed by atoms with E-state index in [1.165, 1.54) is 0 Å². The maximum atomic E-state index is 9.43. The van der Waals surface area contributed by atoms with E-state index in [1.807, 2.05) is 45.0 Å². The second-order valence-corrected chi connectivity index (χ2v) is 6.87. The van der Waals surface area contributed by atoms with Crippen molar-refractivity contribution >= 4 is 0 Å². The molecule has 1 N–H and O–H groups in total. The summed E-state index contributed by atoms with van der Waals surface area (Å²) in [6.07, 6.45) is 0. The Kier molecular flexibility index (Phi) is 4.30. The Hall–Kier alpha value is -2.74. The summed E-state index contributed by atoms with van der Waals surface area (Å²) in [5, 5.41) is 9.43. The number of benzene rings is 3. The molecule has 0 bridgehead atoms. The largest absolute Gasteiger partial charge is 0.508 e. The number of ether oxygens (including phenoxy) is 1. The van der Waals surface area contributed by atoms with Crippen LogP contribution in [0, 0.1) is 0 Å². The first-order valence-electron chi connectivity index (χ1n) is 8.10. The first kappa shape index (κ1) is 16.1. The molecule has 2 nitrogen and oxygen atoms in total. The summed E-state index contributed by atoms with van der Waals surface area (Å²) < 4.78 is 5.87. The third-order valence-corrected chi connectivity index (χ3v) is 3.67. The summed E-state index contributed by atoms with van der Waals surface area (Å²) in [7, 11) is 0. The lowest BCUT2D eigenvalue weighted by molar-refractivity contribution is 0.131. The highest BCUT2D eigenvalue weighted by molar-refractivity contribution is 5.73. The van der Waals surface area contributed by atoms with Gasteiger partial charge < -0.3 is 9.84 Å². The van der Waals surface area contributed by atoms with Gasteiger partial charge in [0.1, 0.15) is 17.1 Å². The second kappa shape index (κ2) is 6.40. The van der Waals surface area contributed by atoms with Crippen molar-refractivity contribution in [3.63, 3.8) is 0 Å². The van der Waals surface area contributed by atoms with Crippen molar-refractivity contribution in [3.8, 4) is 33.8 Å². The molecular formula is C22H22O2. The number of phenols is 1. The zero-order chi connectivity index (χ0) is 17.2. The normalized spacial score (nSPS) is 11.3. The molecule has 0 aliphatic carbocycles. The molecule has 0 aromatic heterocycles. The number of hydrogen-bond acceptors (Lipinski definition) is 2. The van der Waals surface area contributed by atoms with E-state index in [9.17, 15) is 5.11 Å². The predicted octanol–water partition coefficient (Wildman–Crippen LogP) is 5.90. The maximum Gasteiger partial charge on any atom is 0.120 e. The minimum atomic E-state index is -0.194. The van der Waals surface area contributed by atoms with Crippen LogP contribution < -0.4 is 4.74 Å². The molecule has 0 fully saturated rings. The Balaban J connectivity index is 1.87. The Morgan fingerprint density at radius 1 is 0.667 bits per heavy atom. The van der Waals surface area contributed by atoms with E-state index in [4.69, 9.17) is 4.74 Å². The highest BCUT2D eigenvalue weighted by atomic mass is 16.5. The fourth-order valence-electron chi connectivity index (χ4n) is 2.60. The molecule has 0 aliphatic heterocycles. The van der Waals surface area contributed by atoms with Crippen molar-refractivity contribution in [2.45, 2.75) is 26.4 Å². The third kappa shape index (κ3) is 3.96. The summed E-state index contributed by atoms with van der Waals surface area (Å²) in [5.74, 6) is 1.16. The van der Waals surface area contributed by atoms with Gasteiger partial charge in [-0.15, -0.1) is 0 Å². The molecule has 3 rings (SSSR count). The van der Waals surface area contributed by atoms with Gasteiger partial charge in [0.2, 0.25) is 0 Å². The molecule has 0 radical (unpaired) electrons. The Labute approximate surface area is 143 Å². The van der Waals surface area contributed by atoms with E-state index < -0.39 is 0 Å². The van der Waals surface area contributed by atoms with Crippen molar-refractivity contribution in [2.75, 3.05) is 0 Å². The van der Waals surface area contributed by atoms with Crippen molar-refractivity contribution < 1.29 is 9.84 Å². The van der Waals surface area contributed by atoms with E-state index in [0.29, 0.717) is 0 Å². The number of hydrogen-bond donors (Lipinski definition) is 1. The van der Waals surface area contributed by atoms with Gasteiger partial charge in [-0.25, -0.2) is 0 Å². The van der Waals surface area contributed by atoms with Gasteiger partial charge in [0, 0.05) is 0 Å². The van der Waals surface area contributed by atoms with E-state index in [1.54, 1.807) is 12.1 Å². The van der Waals surface area contributed by atoms with Crippen molar-refractivity contribution in [3.05, 3.63) is 72.8 Å². The lowest BCUT2D eigenvalue weighted by Crippen LogP contribution is -2.22. The molecule has 3 aromatic rings. The van der Waals surface area contributed by atoms with E-state index in [0.717, 1.165) is 28.0 Å². The monoisotopic (exact) mass is 318 g/mol. The van der Waals surface area contributed by atoms with Crippen LogP contribution in [0.5, 0.6) is 11.5 Å². The molecule has 0 unspecified atom stereocenters. The average Bonchev–Trinajstić information content (AvgIpc) is 2.55. The highest BCUT2D eigenvalue weighted by Crippen LogP contribution is 2.29. The molecular weight excluding hydrogens is 296 g/mol. The van der Waals surface area contributed by atoms with Crippen LogP contribution in [0.1, 0.15) is 20.8 Å². The number of rotatable bonds is 3. The molecule has 122 valence electrons. The van der Waals surface area contributed by atoms with Gasteiger partial charge in [-0.1, -0.05) is 42.5 Å². The Bertz CT molecular complexity index is 810. The van der Waals surface area contributed by atoms with Gasteiger partial charge >= 0.3 is 0 Å². The molecule has 0 aliphatic rings. The lowest BCUT2D eigenvalue weighted by Gasteiger charge is -2.21. The van der Waals surface area contributed by atoms with Gasteiger partial charge in [-0.05, 0) is 73.4 Å². The molecule has 24 heavy (non-hydrogen) atoms. The predicted molar refractivity (Wildman–Crippen MR) is 99.4 cm³/mol. The fraction of sp³-hybridized carbons (Fsp3) is 0.182. The van der Waals surface area contributed by atoms with E-state index in [-0.39, 0.29) is 11.4 Å². The number of phenolic OH excluding ortho intramolecular Hbond substituents is 1. The van der Waals surface area contributed by atoms with Crippen LogP contribution in [0.3, 0.4) is 0 Å². The summed E-state index contributed by atoms with van der Waals surface area (Å²) in [6.45, 7) is 6.13. The van der Waals surface area contributed by atoms with Crippen LogP contribution in [0.15, 0.2) is 72.8 Å². The molecule has 3 aromatic carbocycles. The number of aromatic hydroxyl groups is 1. The Morgan fingerprint density at radius 3 is 1.67 bits per heavy atom. The first-order chi connectivity index (χ1) is 11.4. The maximum absolute atomic E-state index is 9.43. The van der Waals surface area contributed by atoms with E-state index in [2.05, 4.69) is 36.4 Å². The van der Waals surface area contributed by atoms with Crippen LogP contribution in [0.2, 0.25) is 0 Å². The molecule has 0 atom stereocenters. The van der Waals surface area contributed by atoms with E-state index >= 15 is 0 Å². The van der Waals surface area contributed by atoms with Gasteiger partial charge in [-0.3, -0.25) is 0 Å². The van der Waals surface area contributed by atoms with Gasteiger partial charge in [0.05, 0.1) is 0 Å². The quantitative estimate of drug-likeness (QED) is 0.651. The Morgan fingerprint density at radius 2 is 1.17 bits per heavy atom. The lowest BCUT2D eigenvalue weighted by atomic mass is 9.99. The summed E-state index contributed by atoms with van der Waals surface area (Å²) in [4.78, 5) is 0. The second-order valence-electron chi connectivity index (χ2n) is 6.87. The molecule has 2 heteroatoms. The zero-order valence-corrected chi connectivity index (χ0v) is 14.3. The molecule has 0 amide bonds. The van der Waals surface area contributed by atoms with Gasteiger partial charge in [0.25, 0.3) is 0 Å². The smallest absolute Gasteiger partial charge is 0.120 e. The van der Waals surface area contributed by atoms with Crippen LogP contribution >= 0.6 is 0 Å². The standard InChI is InChI=1S/C22H22O2/c1-22(2,3)24-21-13-9-17(10-14-21)19-6-4-5-18(15-19)16-7-11-20(23)12-8-16/h4-15,23H,1-3H3. The van der Waals surface area contributed by atoms with Crippen molar-refractivity contribution in [1.29, 1.82) is 0 Å². The van der Waals surface area contributed by atoms with Gasteiger partial charge in [0.15, 0.2) is 0 Å². The minimum Gasteiger partial charge on any atom is -0.508 e. The van der Waals surface area contributed by atoms with Crippen LogP contribution in [-0.2, 0) is 0 Å². The average molecular weight is 318 g/mol. The van der Waals surface area contributed by atoms with Gasteiger partial charge in [-0.2, -0.15) is 0 Å². The van der Waals surface area contributed by atoms with Crippen LogP contribution in [-0.4, -0.2) is 10.7 Å². The first-order valence-corrected chi connectivity index (χ1v) is 8.10. The summed E-state index contributed by atoms with van der Waals surface area (Å²) in [5.41, 5.74) is 4.32. The third-order valence-electron chi connectivity index (χ3n) is 3.67. The topological polar surface area (TPSA) is 29.5 Å². The van der Waals surface area contributed by atoms with Crippen molar-refractivity contribution in [1.82, 2.24) is 0 Å². The molecule has 0 heterocycles. The van der Waals surface area contributed by atoms with Crippen LogP contribution in [0.25, 0.3) is 22.3 Å².